The monoisotopic (exact) mass is 506 g/mol. The molecule has 1 N–H and O–H groups in total. The molecule has 3 aromatic rings. The Hall–Kier alpha value is -3.17. The Morgan fingerprint density at radius 1 is 1.09 bits per heavy atom. The van der Waals surface area contributed by atoms with Gasteiger partial charge in [-0.15, -0.1) is 0 Å². The van der Waals surface area contributed by atoms with Crippen LogP contribution in [-0.4, -0.2) is 24.9 Å². The minimum atomic E-state index is -4.09. The fourth-order valence-electron chi connectivity index (χ4n) is 3.71. The topological polar surface area (TPSA) is 76.1 Å². The number of benzene rings is 2. The van der Waals surface area contributed by atoms with Gasteiger partial charge < -0.3 is 0 Å². The molecule has 176 valence electrons. The minimum absolute atomic E-state index is 0.00918. The number of Topliss-reactive ketones (excluding diaryl/α,β-unsaturated/α-hetero) is 1. The van der Waals surface area contributed by atoms with E-state index in [-0.39, 0.29) is 18.4 Å². The van der Waals surface area contributed by atoms with E-state index in [2.05, 4.69) is 4.98 Å². The third kappa shape index (κ3) is 4.58. The Labute approximate surface area is 199 Å². The summed E-state index contributed by atoms with van der Waals surface area (Å²) in [6, 6.07) is 8.87. The summed E-state index contributed by atoms with van der Waals surface area (Å²) in [4.78, 5) is 17.6. The molecule has 0 amide bonds. The normalized spacial score (nSPS) is 12.9. The van der Waals surface area contributed by atoms with Crippen molar-refractivity contribution in [2.24, 2.45) is 0 Å². The molecule has 4 rings (SSSR count). The van der Waals surface area contributed by atoms with Crippen LogP contribution in [0.4, 0.5) is 18.9 Å². The number of nitrogens with one attached hydrogen (secondary N) is 1. The highest BCUT2D eigenvalue weighted by Crippen LogP contribution is 2.35. The predicted molar refractivity (Wildman–Crippen MR) is 125 cm³/mol. The first-order chi connectivity index (χ1) is 16.1. The molecular formula is C24H18ClF3N2O3S. The van der Waals surface area contributed by atoms with Crippen molar-refractivity contribution in [2.45, 2.75) is 19.8 Å². The third-order valence-electron chi connectivity index (χ3n) is 5.31. The summed E-state index contributed by atoms with van der Waals surface area (Å²) in [5.74, 6) is -5.95. The molecule has 0 atom stereocenters. The van der Waals surface area contributed by atoms with Crippen LogP contribution in [0.5, 0.6) is 0 Å². The summed E-state index contributed by atoms with van der Waals surface area (Å²) in [6.45, 7) is 1.57. The maximum atomic E-state index is 15.1. The molecule has 1 aliphatic rings. The van der Waals surface area contributed by atoms with Gasteiger partial charge in [0.15, 0.2) is 17.4 Å². The highest BCUT2D eigenvalue weighted by Gasteiger charge is 2.31. The average molecular weight is 507 g/mol. The molecule has 0 spiro atoms. The lowest BCUT2D eigenvalue weighted by atomic mass is 9.96. The van der Waals surface area contributed by atoms with Crippen LogP contribution in [0.1, 0.15) is 35.0 Å². The summed E-state index contributed by atoms with van der Waals surface area (Å²) in [5.41, 5.74) is 0.192. The Bertz CT molecular complexity index is 1440. The van der Waals surface area contributed by atoms with Crippen LogP contribution in [0, 0.1) is 17.5 Å². The predicted octanol–water partition coefficient (Wildman–Crippen LogP) is 5.79. The Morgan fingerprint density at radius 2 is 1.79 bits per heavy atom. The van der Waals surface area contributed by atoms with Gasteiger partial charge in [-0.3, -0.25) is 14.5 Å². The number of pyridine rings is 1. The molecule has 0 fully saturated rings. The number of halogens is 4. The number of allylic oxidation sites excluding steroid dienone is 2. The molecule has 1 aliphatic carbocycles. The lowest BCUT2D eigenvalue weighted by Crippen LogP contribution is -2.20. The second-order valence-electron chi connectivity index (χ2n) is 7.70. The molecule has 0 saturated heterocycles. The molecule has 0 saturated carbocycles. The van der Waals surface area contributed by atoms with Crippen molar-refractivity contribution in [1.29, 1.82) is 0 Å². The minimum Gasteiger partial charge on any atom is -0.288 e. The van der Waals surface area contributed by atoms with Gasteiger partial charge in [-0.2, -0.15) is 0 Å². The zero-order chi connectivity index (χ0) is 24.6. The Kier molecular flexibility index (Phi) is 6.51. The smallest absolute Gasteiger partial charge is 0.232 e. The van der Waals surface area contributed by atoms with Crippen LogP contribution in [0.2, 0.25) is 5.02 Å². The van der Waals surface area contributed by atoms with Crippen molar-refractivity contribution in [2.75, 3.05) is 10.5 Å². The van der Waals surface area contributed by atoms with Gasteiger partial charge in [0.1, 0.15) is 11.5 Å². The van der Waals surface area contributed by atoms with Crippen molar-refractivity contribution in [1.82, 2.24) is 4.98 Å². The van der Waals surface area contributed by atoms with Gasteiger partial charge in [0.25, 0.3) is 0 Å². The number of anilines is 1. The van der Waals surface area contributed by atoms with Crippen molar-refractivity contribution in [3.63, 3.8) is 0 Å². The van der Waals surface area contributed by atoms with Crippen LogP contribution in [-0.2, 0) is 16.4 Å². The van der Waals surface area contributed by atoms with E-state index in [1.165, 1.54) is 6.08 Å². The van der Waals surface area contributed by atoms with Gasteiger partial charge in [0.2, 0.25) is 10.0 Å². The zero-order valence-electron chi connectivity index (χ0n) is 17.8. The molecule has 34 heavy (non-hydrogen) atoms. The molecule has 1 heterocycles. The van der Waals surface area contributed by atoms with Crippen LogP contribution in [0.25, 0.3) is 16.7 Å². The van der Waals surface area contributed by atoms with Crippen molar-refractivity contribution >= 4 is 38.7 Å². The fraction of sp³-hybridized carbons (Fsp3) is 0.167. The van der Waals surface area contributed by atoms with Gasteiger partial charge >= 0.3 is 0 Å². The number of aromatic nitrogens is 1. The second kappa shape index (κ2) is 9.23. The van der Waals surface area contributed by atoms with Gasteiger partial charge in [-0.25, -0.2) is 21.6 Å². The number of hydrogen-bond acceptors (Lipinski definition) is 4. The summed E-state index contributed by atoms with van der Waals surface area (Å²) in [5, 5.41) is 0.543. The lowest BCUT2D eigenvalue weighted by Gasteiger charge is -2.14. The zero-order valence-corrected chi connectivity index (χ0v) is 19.4. The van der Waals surface area contributed by atoms with Gasteiger partial charge in [-0.05, 0) is 30.2 Å². The van der Waals surface area contributed by atoms with E-state index in [0.717, 1.165) is 5.56 Å². The van der Waals surface area contributed by atoms with E-state index in [0.29, 0.717) is 27.9 Å². The van der Waals surface area contributed by atoms with Crippen molar-refractivity contribution in [3.05, 3.63) is 88.0 Å². The maximum absolute atomic E-state index is 15.1. The quantitative estimate of drug-likeness (QED) is 0.411. The number of sulfonamides is 1. The standard InChI is InChI=1S/C24H18ClF3N2O3S/c1-2-9-34(32,33)30-23-19(27)11-18(26)21(22(23)28)24(31)16-7-8-20-17(16)10-14(12-29-20)13-3-5-15(25)6-4-13/h3-7,10-12,30H,2,8-9H2,1H3. The summed E-state index contributed by atoms with van der Waals surface area (Å²) in [7, 11) is -4.09. The summed E-state index contributed by atoms with van der Waals surface area (Å²) >= 11 is 5.93. The first-order valence-corrected chi connectivity index (χ1v) is 12.3. The SMILES string of the molecule is CCCS(=O)(=O)Nc1c(F)cc(F)c(C(=O)C2=CCc3ncc(-c4ccc(Cl)cc4)cc32)c1F. The van der Waals surface area contributed by atoms with Crippen molar-refractivity contribution in [3.8, 4) is 11.1 Å². The van der Waals surface area contributed by atoms with Gasteiger partial charge in [0.05, 0.1) is 17.0 Å². The Balaban J connectivity index is 1.75. The van der Waals surface area contributed by atoms with Gasteiger partial charge in [0, 0.05) is 40.4 Å². The van der Waals surface area contributed by atoms with E-state index >= 15 is 4.39 Å². The molecule has 1 aromatic heterocycles. The highest BCUT2D eigenvalue weighted by molar-refractivity contribution is 7.92. The number of hydrogen-bond donors (Lipinski definition) is 1. The molecule has 10 heteroatoms. The summed E-state index contributed by atoms with van der Waals surface area (Å²) in [6.07, 6.45) is 3.55. The van der Waals surface area contributed by atoms with Crippen molar-refractivity contribution < 1.29 is 26.4 Å². The van der Waals surface area contributed by atoms with Crippen LogP contribution >= 0.6 is 11.6 Å². The number of carbonyl (C=O) groups is 1. The molecule has 5 nitrogen and oxygen atoms in total. The number of fused-ring (bicyclic) bond motifs is 1. The molecule has 0 aliphatic heterocycles. The molecule has 0 unspecified atom stereocenters. The van der Waals surface area contributed by atoms with E-state index < -0.39 is 50.3 Å². The van der Waals surface area contributed by atoms with Crippen LogP contribution < -0.4 is 4.72 Å². The molecule has 0 bridgehead atoms. The Morgan fingerprint density at radius 3 is 2.47 bits per heavy atom. The third-order valence-corrected chi connectivity index (χ3v) is 7.02. The maximum Gasteiger partial charge on any atom is 0.232 e. The molecule has 2 aromatic carbocycles. The number of nitrogens with zero attached hydrogens (tertiary/aromatic N) is 1. The summed E-state index contributed by atoms with van der Waals surface area (Å²) < 4.78 is 69.9. The number of rotatable bonds is 7. The molecular weight excluding hydrogens is 489 g/mol. The largest absolute Gasteiger partial charge is 0.288 e. The van der Waals surface area contributed by atoms with E-state index in [1.54, 1.807) is 48.2 Å². The van der Waals surface area contributed by atoms with Crippen LogP contribution in [0.3, 0.4) is 0 Å². The lowest BCUT2D eigenvalue weighted by molar-refractivity contribution is 0.104. The van der Waals surface area contributed by atoms with E-state index in [4.69, 9.17) is 11.6 Å². The van der Waals surface area contributed by atoms with E-state index in [9.17, 15) is 22.0 Å². The fourth-order valence-corrected chi connectivity index (χ4v) is 4.98. The second-order valence-corrected chi connectivity index (χ2v) is 9.98. The van der Waals surface area contributed by atoms with E-state index in [1.807, 2.05) is 0 Å². The first kappa shape index (κ1) is 24.0. The average Bonchev–Trinajstić information content (AvgIpc) is 3.20. The molecule has 0 radical (unpaired) electrons. The highest BCUT2D eigenvalue weighted by atomic mass is 35.5. The van der Waals surface area contributed by atoms with Gasteiger partial charge in [-0.1, -0.05) is 36.7 Å². The number of carbonyl (C=O) groups excluding carboxylic acids is 1. The first-order valence-electron chi connectivity index (χ1n) is 10.3. The van der Waals surface area contributed by atoms with Crippen LogP contribution in [0.15, 0.2) is 48.7 Å². The number of ketones is 1.